The Kier molecular flexibility index (Phi) is 8.75. The van der Waals surface area contributed by atoms with Crippen LogP contribution in [-0.2, 0) is 12.8 Å². The van der Waals surface area contributed by atoms with Crippen LogP contribution in [0.25, 0.3) is 0 Å². The fourth-order valence-corrected chi connectivity index (χ4v) is 5.76. The van der Waals surface area contributed by atoms with Gasteiger partial charge in [0.25, 0.3) is 0 Å². The molecule has 2 aliphatic carbocycles. The Bertz CT molecular complexity index is 535. The van der Waals surface area contributed by atoms with Crippen LogP contribution in [0.2, 0.25) is 0 Å². The minimum atomic E-state index is 0.851. The number of benzene rings is 1. The minimum absolute atomic E-state index is 0.851. The van der Waals surface area contributed by atoms with Crippen LogP contribution in [-0.4, -0.2) is 0 Å². The molecule has 0 nitrogen and oxygen atoms in total. The zero-order valence-electron chi connectivity index (χ0n) is 18.3. The minimum Gasteiger partial charge on any atom is -0.0654 e. The Labute approximate surface area is 169 Å². The van der Waals surface area contributed by atoms with E-state index in [0.717, 1.165) is 17.8 Å². The molecule has 1 saturated carbocycles. The first-order chi connectivity index (χ1) is 13.3. The molecule has 0 N–H and O–H groups in total. The molecule has 0 amide bonds. The van der Waals surface area contributed by atoms with Crippen molar-refractivity contribution < 1.29 is 0 Å². The maximum absolute atomic E-state index is 2.61. The van der Waals surface area contributed by atoms with Gasteiger partial charge in [0, 0.05) is 0 Å². The summed E-state index contributed by atoms with van der Waals surface area (Å²) in [6, 6.07) is 7.59. The van der Waals surface area contributed by atoms with Crippen LogP contribution in [0.5, 0.6) is 0 Å². The highest BCUT2D eigenvalue weighted by Gasteiger charge is 2.24. The van der Waals surface area contributed by atoms with Crippen molar-refractivity contribution in [1.29, 1.82) is 0 Å². The van der Waals surface area contributed by atoms with E-state index in [1.54, 1.807) is 16.7 Å². The van der Waals surface area contributed by atoms with E-state index in [4.69, 9.17) is 0 Å². The smallest absolute Gasteiger partial charge is 0.0162 e. The number of aryl methyl sites for hydroxylation is 1. The summed E-state index contributed by atoms with van der Waals surface area (Å²) < 4.78 is 0. The maximum atomic E-state index is 2.61. The molecule has 0 aromatic heterocycles. The first-order valence-corrected chi connectivity index (χ1v) is 12.4. The van der Waals surface area contributed by atoms with Gasteiger partial charge in [-0.1, -0.05) is 89.8 Å². The summed E-state index contributed by atoms with van der Waals surface area (Å²) in [5, 5.41) is 0. The molecule has 3 rings (SSSR count). The van der Waals surface area contributed by atoms with E-state index in [1.807, 2.05) is 0 Å². The van der Waals surface area contributed by atoms with Crippen molar-refractivity contribution in [2.45, 2.75) is 122 Å². The normalized spacial score (nSPS) is 25.3. The maximum Gasteiger partial charge on any atom is -0.0162 e. The highest BCUT2D eigenvalue weighted by Crippen LogP contribution is 2.39. The van der Waals surface area contributed by atoms with Gasteiger partial charge in [-0.3, -0.25) is 0 Å². The van der Waals surface area contributed by atoms with Gasteiger partial charge in [-0.05, 0) is 79.4 Å². The molecule has 1 aromatic rings. The van der Waals surface area contributed by atoms with E-state index in [2.05, 4.69) is 32.0 Å². The second-order valence-corrected chi connectivity index (χ2v) is 9.70. The van der Waals surface area contributed by atoms with Crippen molar-refractivity contribution in [2.75, 3.05) is 0 Å². The highest BCUT2D eigenvalue weighted by atomic mass is 14.3. The molecule has 0 radical (unpaired) electrons. The Morgan fingerprint density at radius 2 is 1.48 bits per heavy atom. The van der Waals surface area contributed by atoms with E-state index >= 15 is 0 Å². The van der Waals surface area contributed by atoms with Gasteiger partial charge < -0.3 is 0 Å². The van der Waals surface area contributed by atoms with Crippen LogP contribution < -0.4 is 0 Å². The lowest BCUT2D eigenvalue weighted by Gasteiger charge is -2.30. The van der Waals surface area contributed by atoms with Gasteiger partial charge in [-0.25, -0.2) is 0 Å². The number of hydrogen-bond donors (Lipinski definition) is 0. The molecule has 0 heterocycles. The van der Waals surface area contributed by atoms with Crippen molar-refractivity contribution in [3.63, 3.8) is 0 Å². The third kappa shape index (κ3) is 6.37. The summed E-state index contributed by atoms with van der Waals surface area (Å²) in [6.07, 6.45) is 22.9. The molecule has 152 valence electrons. The molecular formula is C27H44. The third-order valence-electron chi connectivity index (χ3n) is 7.54. The van der Waals surface area contributed by atoms with Crippen molar-refractivity contribution in [3.8, 4) is 0 Å². The van der Waals surface area contributed by atoms with Crippen molar-refractivity contribution in [1.82, 2.24) is 0 Å². The number of unbranched alkanes of at least 4 members (excludes halogenated alkanes) is 5. The standard InChI is InChI=1S/C27H44/c1-3-5-6-7-8-9-11-22-12-15-24(16-13-22)26-19-18-25-20-23(10-4-2)14-17-27(25)21-26/h18-19,21-24H,3-17,20H2,1-2H3. The van der Waals surface area contributed by atoms with Gasteiger partial charge >= 0.3 is 0 Å². The van der Waals surface area contributed by atoms with E-state index < -0.39 is 0 Å². The molecule has 0 saturated heterocycles. The average Bonchev–Trinajstić information content (AvgIpc) is 2.71. The second-order valence-electron chi connectivity index (χ2n) is 9.70. The number of rotatable bonds is 10. The number of hydrogen-bond acceptors (Lipinski definition) is 0. The number of fused-ring (bicyclic) bond motifs is 1. The van der Waals surface area contributed by atoms with Gasteiger partial charge in [0.05, 0.1) is 0 Å². The monoisotopic (exact) mass is 368 g/mol. The van der Waals surface area contributed by atoms with Crippen LogP contribution in [0.15, 0.2) is 18.2 Å². The zero-order valence-corrected chi connectivity index (χ0v) is 18.3. The van der Waals surface area contributed by atoms with Crippen molar-refractivity contribution >= 4 is 0 Å². The van der Waals surface area contributed by atoms with E-state index in [9.17, 15) is 0 Å². The van der Waals surface area contributed by atoms with Gasteiger partial charge in [0.15, 0.2) is 0 Å². The van der Waals surface area contributed by atoms with Gasteiger partial charge in [-0.2, -0.15) is 0 Å². The lowest BCUT2D eigenvalue weighted by Crippen LogP contribution is -2.16. The second kappa shape index (κ2) is 11.3. The van der Waals surface area contributed by atoms with Gasteiger partial charge in [0.2, 0.25) is 0 Å². The Balaban J connectivity index is 1.41. The molecule has 27 heavy (non-hydrogen) atoms. The topological polar surface area (TPSA) is 0 Å². The van der Waals surface area contributed by atoms with E-state index in [0.29, 0.717) is 0 Å². The summed E-state index contributed by atoms with van der Waals surface area (Å²) in [7, 11) is 0. The van der Waals surface area contributed by atoms with Crippen LogP contribution in [0.3, 0.4) is 0 Å². The summed E-state index contributed by atoms with van der Waals surface area (Å²) in [6.45, 7) is 4.64. The lowest BCUT2D eigenvalue weighted by molar-refractivity contribution is 0.301. The van der Waals surface area contributed by atoms with E-state index in [1.165, 1.54) is 103 Å². The SMILES string of the molecule is CCCCCCCCC1CCC(c2ccc3c(c2)CCC(CCC)C3)CC1. The molecule has 0 aliphatic heterocycles. The third-order valence-corrected chi connectivity index (χ3v) is 7.54. The van der Waals surface area contributed by atoms with Crippen molar-refractivity contribution in [2.24, 2.45) is 11.8 Å². The molecule has 0 heteroatoms. The van der Waals surface area contributed by atoms with Crippen molar-refractivity contribution in [3.05, 3.63) is 34.9 Å². The fourth-order valence-electron chi connectivity index (χ4n) is 5.76. The molecule has 0 bridgehead atoms. The lowest BCUT2D eigenvalue weighted by atomic mass is 9.75. The summed E-state index contributed by atoms with van der Waals surface area (Å²) in [5.41, 5.74) is 5.02. The van der Waals surface area contributed by atoms with Crippen LogP contribution in [0.4, 0.5) is 0 Å². The molecule has 1 aromatic carbocycles. The highest BCUT2D eigenvalue weighted by molar-refractivity contribution is 5.36. The quantitative estimate of drug-likeness (QED) is 0.362. The average molecular weight is 369 g/mol. The predicted octanol–water partition coefficient (Wildman–Crippen LogP) is 8.62. The Hall–Kier alpha value is -0.780. The van der Waals surface area contributed by atoms with E-state index in [-0.39, 0.29) is 0 Å². The Morgan fingerprint density at radius 3 is 2.26 bits per heavy atom. The van der Waals surface area contributed by atoms with Gasteiger partial charge in [0.1, 0.15) is 0 Å². The molecule has 1 unspecified atom stereocenters. The predicted molar refractivity (Wildman–Crippen MR) is 120 cm³/mol. The molecular weight excluding hydrogens is 324 g/mol. The fraction of sp³-hybridized carbons (Fsp3) is 0.778. The zero-order chi connectivity index (χ0) is 18.9. The molecule has 1 fully saturated rings. The summed E-state index contributed by atoms with van der Waals surface area (Å²) in [5.74, 6) is 2.83. The Morgan fingerprint density at radius 1 is 0.704 bits per heavy atom. The summed E-state index contributed by atoms with van der Waals surface area (Å²) in [4.78, 5) is 0. The molecule has 2 aliphatic rings. The van der Waals surface area contributed by atoms with Crippen LogP contribution >= 0.6 is 0 Å². The van der Waals surface area contributed by atoms with Crippen LogP contribution in [0.1, 0.15) is 126 Å². The van der Waals surface area contributed by atoms with Crippen LogP contribution in [0, 0.1) is 11.8 Å². The first-order valence-electron chi connectivity index (χ1n) is 12.4. The largest absolute Gasteiger partial charge is 0.0654 e. The summed E-state index contributed by atoms with van der Waals surface area (Å²) >= 11 is 0. The first kappa shape index (κ1) is 20.9. The van der Waals surface area contributed by atoms with Gasteiger partial charge in [-0.15, -0.1) is 0 Å². The molecule has 1 atom stereocenters. The molecule has 0 spiro atoms.